The predicted octanol–water partition coefficient (Wildman–Crippen LogP) is 4.26. The third kappa shape index (κ3) is 3.01. The van der Waals surface area contributed by atoms with Crippen LogP contribution < -0.4 is 0 Å². The fourth-order valence-corrected chi connectivity index (χ4v) is 3.48. The molecule has 0 aliphatic heterocycles. The van der Waals surface area contributed by atoms with Crippen molar-refractivity contribution >= 4 is 11.3 Å². The molecule has 0 fully saturated rings. The van der Waals surface area contributed by atoms with Crippen LogP contribution in [0.2, 0.25) is 0 Å². The predicted molar refractivity (Wildman–Crippen MR) is 78.4 cm³/mol. The lowest BCUT2D eigenvalue weighted by Gasteiger charge is -2.12. The van der Waals surface area contributed by atoms with Gasteiger partial charge in [-0.05, 0) is 44.9 Å². The molecule has 0 bridgehead atoms. The van der Waals surface area contributed by atoms with Gasteiger partial charge in [-0.2, -0.15) is 0 Å². The van der Waals surface area contributed by atoms with E-state index in [0.29, 0.717) is 6.42 Å². The van der Waals surface area contributed by atoms with Gasteiger partial charge in [-0.3, -0.25) is 0 Å². The zero-order valence-corrected chi connectivity index (χ0v) is 12.3. The second-order valence-electron chi connectivity index (χ2n) is 5.08. The Morgan fingerprint density at radius 1 is 1.00 bits per heavy atom. The van der Waals surface area contributed by atoms with Crippen molar-refractivity contribution in [3.8, 4) is 0 Å². The Bertz CT molecular complexity index is 534. The topological polar surface area (TPSA) is 20.2 Å². The minimum atomic E-state index is -0.392. The third-order valence-electron chi connectivity index (χ3n) is 3.15. The largest absolute Gasteiger partial charge is 0.388 e. The van der Waals surface area contributed by atoms with Gasteiger partial charge >= 0.3 is 0 Å². The van der Waals surface area contributed by atoms with Crippen LogP contribution in [0.15, 0.2) is 24.3 Å². The molecule has 0 saturated heterocycles. The Labute approximate surface area is 113 Å². The number of hydrogen-bond acceptors (Lipinski definition) is 2. The van der Waals surface area contributed by atoms with E-state index in [2.05, 4.69) is 52.0 Å². The summed E-state index contributed by atoms with van der Waals surface area (Å²) in [4.78, 5) is 2.49. The molecule has 1 aromatic heterocycles. The molecule has 96 valence electrons. The monoisotopic (exact) mass is 260 g/mol. The van der Waals surface area contributed by atoms with Crippen molar-refractivity contribution in [2.24, 2.45) is 0 Å². The first-order chi connectivity index (χ1) is 8.45. The Morgan fingerprint density at radius 3 is 2.11 bits per heavy atom. The first-order valence-corrected chi connectivity index (χ1v) is 7.09. The molecule has 1 atom stereocenters. The zero-order valence-electron chi connectivity index (χ0n) is 11.4. The van der Waals surface area contributed by atoms with Crippen LogP contribution in [0.3, 0.4) is 0 Å². The Balaban J connectivity index is 2.20. The number of hydrogen-bond donors (Lipinski definition) is 1. The van der Waals surface area contributed by atoms with Crippen molar-refractivity contribution < 1.29 is 5.11 Å². The average molecular weight is 260 g/mol. The van der Waals surface area contributed by atoms with Crippen LogP contribution in [-0.4, -0.2) is 5.11 Å². The maximum absolute atomic E-state index is 10.4. The van der Waals surface area contributed by atoms with Crippen LogP contribution in [0.1, 0.15) is 38.1 Å². The van der Waals surface area contributed by atoms with Crippen LogP contribution in [0, 0.1) is 27.7 Å². The smallest absolute Gasteiger partial charge is 0.0841 e. The van der Waals surface area contributed by atoms with Gasteiger partial charge in [0.1, 0.15) is 0 Å². The molecule has 2 rings (SSSR count). The first-order valence-electron chi connectivity index (χ1n) is 6.28. The van der Waals surface area contributed by atoms with Crippen molar-refractivity contribution in [3.63, 3.8) is 0 Å². The van der Waals surface area contributed by atoms with Crippen molar-refractivity contribution in [2.45, 2.75) is 40.2 Å². The van der Waals surface area contributed by atoms with Gasteiger partial charge in [-0.25, -0.2) is 0 Å². The lowest BCUT2D eigenvalue weighted by atomic mass is 9.99. The summed E-state index contributed by atoms with van der Waals surface area (Å²) >= 11 is 1.75. The molecule has 0 amide bonds. The number of rotatable bonds is 3. The highest BCUT2D eigenvalue weighted by Gasteiger charge is 2.13. The van der Waals surface area contributed by atoms with E-state index in [1.165, 1.54) is 26.4 Å². The normalized spacial score (nSPS) is 12.7. The number of aryl methyl sites for hydroxylation is 4. The molecule has 1 nitrogen and oxygen atoms in total. The van der Waals surface area contributed by atoms with Gasteiger partial charge in [0, 0.05) is 16.2 Å². The number of aliphatic hydroxyl groups excluding tert-OH is 1. The summed E-state index contributed by atoms with van der Waals surface area (Å²) in [6.07, 6.45) is 0.302. The maximum atomic E-state index is 10.4. The summed E-state index contributed by atoms with van der Waals surface area (Å²) in [6.45, 7) is 8.37. The molecule has 0 aliphatic carbocycles. The average Bonchev–Trinajstić information content (AvgIpc) is 2.56. The Kier molecular flexibility index (Phi) is 3.88. The van der Waals surface area contributed by atoms with Gasteiger partial charge < -0.3 is 5.11 Å². The quantitative estimate of drug-likeness (QED) is 0.874. The molecule has 1 aromatic carbocycles. The first kappa shape index (κ1) is 13.3. The highest BCUT2D eigenvalue weighted by atomic mass is 32.1. The third-order valence-corrected chi connectivity index (χ3v) is 4.13. The van der Waals surface area contributed by atoms with Gasteiger partial charge in [-0.15, -0.1) is 11.3 Å². The molecule has 1 unspecified atom stereocenters. The Morgan fingerprint density at radius 2 is 1.61 bits per heavy atom. The second kappa shape index (κ2) is 5.25. The summed E-state index contributed by atoms with van der Waals surface area (Å²) in [5.74, 6) is 0. The van der Waals surface area contributed by atoms with Gasteiger partial charge in [0.2, 0.25) is 0 Å². The van der Waals surface area contributed by atoms with Crippen molar-refractivity contribution in [3.05, 3.63) is 56.3 Å². The SMILES string of the molecule is Cc1cc(C)cc(CC(O)c2cc(C)sc2C)c1. The van der Waals surface area contributed by atoms with Gasteiger partial charge in [0.05, 0.1) is 6.10 Å². The van der Waals surface area contributed by atoms with Crippen LogP contribution in [0.5, 0.6) is 0 Å². The van der Waals surface area contributed by atoms with E-state index in [9.17, 15) is 5.11 Å². The van der Waals surface area contributed by atoms with Crippen molar-refractivity contribution in [1.29, 1.82) is 0 Å². The van der Waals surface area contributed by atoms with E-state index in [4.69, 9.17) is 0 Å². The fraction of sp³-hybridized carbons (Fsp3) is 0.375. The minimum absolute atomic E-state index is 0.392. The molecular formula is C16H20OS. The summed E-state index contributed by atoms with van der Waals surface area (Å²) in [6, 6.07) is 8.58. The van der Waals surface area contributed by atoms with E-state index in [-0.39, 0.29) is 0 Å². The molecule has 0 aliphatic rings. The lowest BCUT2D eigenvalue weighted by molar-refractivity contribution is 0.178. The number of thiophene rings is 1. The lowest BCUT2D eigenvalue weighted by Crippen LogP contribution is -2.02. The molecule has 0 spiro atoms. The Hall–Kier alpha value is -1.12. The van der Waals surface area contributed by atoms with Gasteiger partial charge in [-0.1, -0.05) is 29.3 Å². The highest BCUT2D eigenvalue weighted by molar-refractivity contribution is 7.12. The fourth-order valence-electron chi connectivity index (χ4n) is 2.50. The molecule has 1 N–H and O–H groups in total. The second-order valence-corrected chi connectivity index (χ2v) is 6.54. The zero-order chi connectivity index (χ0) is 13.3. The van der Waals surface area contributed by atoms with E-state index in [0.717, 1.165) is 5.56 Å². The molecule has 2 heteroatoms. The molecule has 0 saturated carbocycles. The summed E-state index contributed by atoms with van der Waals surface area (Å²) in [5.41, 5.74) is 4.81. The van der Waals surface area contributed by atoms with Crippen LogP contribution >= 0.6 is 11.3 Å². The molecule has 1 heterocycles. The molecule has 0 radical (unpaired) electrons. The van der Waals surface area contributed by atoms with Crippen LogP contribution in [0.25, 0.3) is 0 Å². The maximum Gasteiger partial charge on any atom is 0.0841 e. The highest BCUT2D eigenvalue weighted by Crippen LogP contribution is 2.28. The van der Waals surface area contributed by atoms with Crippen molar-refractivity contribution in [1.82, 2.24) is 0 Å². The summed E-state index contributed by atoms with van der Waals surface area (Å²) in [5, 5.41) is 10.4. The van der Waals surface area contributed by atoms with Gasteiger partial charge in [0.25, 0.3) is 0 Å². The van der Waals surface area contributed by atoms with Gasteiger partial charge in [0.15, 0.2) is 0 Å². The van der Waals surface area contributed by atoms with Crippen molar-refractivity contribution in [2.75, 3.05) is 0 Å². The van der Waals surface area contributed by atoms with E-state index < -0.39 is 6.10 Å². The van der Waals surface area contributed by atoms with E-state index in [1.54, 1.807) is 11.3 Å². The number of benzene rings is 1. The molecule has 18 heavy (non-hydrogen) atoms. The van der Waals surface area contributed by atoms with E-state index in [1.807, 2.05) is 0 Å². The summed E-state index contributed by atoms with van der Waals surface area (Å²) < 4.78 is 0. The molecular weight excluding hydrogens is 240 g/mol. The number of aliphatic hydroxyl groups is 1. The summed E-state index contributed by atoms with van der Waals surface area (Å²) in [7, 11) is 0. The minimum Gasteiger partial charge on any atom is -0.388 e. The standard InChI is InChI=1S/C16H20OS/c1-10-5-11(2)7-14(6-10)9-16(17)15-8-12(3)18-13(15)4/h5-8,16-17H,9H2,1-4H3. The van der Waals surface area contributed by atoms with Crippen LogP contribution in [0.4, 0.5) is 0 Å². The van der Waals surface area contributed by atoms with E-state index >= 15 is 0 Å². The van der Waals surface area contributed by atoms with Crippen LogP contribution in [-0.2, 0) is 6.42 Å². The molecule has 2 aromatic rings.